The minimum Gasteiger partial charge on any atom is -0.353 e. The normalized spacial score (nSPS) is 20.4. The van der Waals surface area contributed by atoms with E-state index >= 15 is 0 Å². The summed E-state index contributed by atoms with van der Waals surface area (Å²) in [5.74, 6) is 0.200. The summed E-state index contributed by atoms with van der Waals surface area (Å²) >= 11 is 2.11. The van der Waals surface area contributed by atoms with Gasteiger partial charge in [-0.3, -0.25) is 4.79 Å². The van der Waals surface area contributed by atoms with Gasteiger partial charge in [0, 0.05) is 6.04 Å². The molecule has 1 fully saturated rings. The number of hydrogen-bond donors (Lipinski definition) is 1. The van der Waals surface area contributed by atoms with Crippen LogP contribution in [0.15, 0.2) is 0 Å². The molecule has 3 heteroatoms. The maximum absolute atomic E-state index is 11.2. The molecular weight excluding hydrogens is 277 g/mol. The monoisotopic (exact) mass is 295 g/mol. The fourth-order valence-electron chi connectivity index (χ4n) is 1.87. The van der Waals surface area contributed by atoms with Gasteiger partial charge in [0.05, 0.1) is 4.43 Å². The first kappa shape index (κ1) is 11.3. The Hall–Kier alpha value is 0.200. The standard InChI is InChI=1S/C10H18INO/c11-8-10(13)12-9-6-4-2-1-3-5-7-9/h9H,1-8H2,(H,12,13). The zero-order valence-corrected chi connectivity index (χ0v) is 10.2. The summed E-state index contributed by atoms with van der Waals surface area (Å²) in [5, 5.41) is 3.09. The van der Waals surface area contributed by atoms with Crippen molar-refractivity contribution in [2.45, 2.75) is 51.0 Å². The number of rotatable bonds is 2. The van der Waals surface area contributed by atoms with E-state index in [1.165, 1.54) is 44.9 Å². The van der Waals surface area contributed by atoms with E-state index in [0.717, 1.165) is 0 Å². The largest absolute Gasteiger partial charge is 0.353 e. The highest BCUT2D eigenvalue weighted by molar-refractivity contribution is 14.1. The van der Waals surface area contributed by atoms with Gasteiger partial charge >= 0.3 is 0 Å². The van der Waals surface area contributed by atoms with Crippen molar-refractivity contribution in [2.75, 3.05) is 4.43 Å². The minimum atomic E-state index is 0.200. The van der Waals surface area contributed by atoms with Crippen molar-refractivity contribution in [3.05, 3.63) is 0 Å². The quantitative estimate of drug-likeness (QED) is 0.616. The van der Waals surface area contributed by atoms with E-state index in [9.17, 15) is 4.79 Å². The molecule has 0 aromatic carbocycles. The summed E-state index contributed by atoms with van der Waals surface area (Å²) < 4.78 is 0.592. The van der Waals surface area contributed by atoms with Crippen molar-refractivity contribution >= 4 is 28.5 Å². The molecule has 0 bridgehead atoms. The summed E-state index contributed by atoms with van der Waals surface area (Å²) in [4.78, 5) is 11.2. The average molecular weight is 295 g/mol. The maximum Gasteiger partial charge on any atom is 0.230 e. The Morgan fingerprint density at radius 2 is 1.69 bits per heavy atom. The molecule has 0 aromatic rings. The van der Waals surface area contributed by atoms with Crippen LogP contribution in [0.4, 0.5) is 0 Å². The van der Waals surface area contributed by atoms with E-state index in [0.29, 0.717) is 10.5 Å². The minimum absolute atomic E-state index is 0.200. The van der Waals surface area contributed by atoms with Gasteiger partial charge in [0.15, 0.2) is 0 Å². The van der Waals surface area contributed by atoms with Crippen LogP contribution in [0, 0.1) is 0 Å². The van der Waals surface area contributed by atoms with Crippen LogP contribution >= 0.6 is 22.6 Å². The number of carbonyl (C=O) groups is 1. The van der Waals surface area contributed by atoms with Crippen molar-refractivity contribution in [2.24, 2.45) is 0 Å². The summed E-state index contributed by atoms with van der Waals surface area (Å²) in [7, 11) is 0. The third kappa shape index (κ3) is 4.84. The van der Waals surface area contributed by atoms with Crippen LogP contribution in [-0.2, 0) is 4.79 Å². The van der Waals surface area contributed by atoms with Crippen molar-refractivity contribution in [3.63, 3.8) is 0 Å². The van der Waals surface area contributed by atoms with Gasteiger partial charge in [-0.2, -0.15) is 0 Å². The van der Waals surface area contributed by atoms with Gasteiger partial charge in [0.2, 0.25) is 5.91 Å². The van der Waals surface area contributed by atoms with Gasteiger partial charge in [0.1, 0.15) is 0 Å². The van der Waals surface area contributed by atoms with Crippen LogP contribution in [0.3, 0.4) is 0 Å². The van der Waals surface area contributed by atoms with E-state index in [-0.39, 0.29) is 5.91 Å². The number of carbonyl (C=O) groups excluding carboxylic acids is 1. The molecule has 0 heterocycles. The smallest absolute Gasteiger partial charge is 0.230 e. The fraction of sp³-hybridized carbons (Fsp3) is 0.900. The third-order valence-corrected chi connectivity index (χ3v) is 3.28. The van der Waals surface area contributed by atoms with Gasteiger partial charge in [-0.15, -0.1) is 0 Å². The molecule has 0 radical (unpaired) electrons. The molecule has 0 spiro atoms. The predicted octanol–water partition coefficient (Wildman–Crippen LogP) is 2.65. The average Bonchev–Trinajstić information content (AvgIpc) is 2.09. The maximum atomic E-state index is 11.2. The van der Waals surface area contributed by atoms with Crippen LogP contribution in [-0.4, -0.2) is 16.4 Å². The molecule has 0 unspecified atom stereocenters. The van der Waals surface area contributed by atoms with Gasteiger partial charge in [-0.1, -0.05) is 54.7 Å². The Morgan fingerprint density at radius 3 is 2.23 bits per heavy atom. The van der Waals surface area contributed by atoms with E-state index < -0.39 is 0 Å². The topological polar surface area (TPSA) is 29.1 Å². The van der Waals surface area contributed by atoms with Crippen LogP contribution in [0.25, 0.3) is 0 Å². The Kier molecular flexibility index (Phi) is 5.75. The zero-order chi connectivity index (χ0) is 9.52. The fourth-order valence-corrected chi connectivity index (χ4v) is 2.09. The van der Waals surface area contributed by atoms with Crippen LogP contribution in [0.1, 0.15) is 44.9 Å². The van der Waals surface area contributed by atoms with Gasteiger partial charge in [0.25, 0.3) is 0 Å². The number of amides is 1. The van der Waals surface area contributed by atoms with E-state index in [1.54, 1.807) is 0 Å². The summed E-state index contributed by atoms with van der Waals surface area (Å²) in [6, 6.07) is 0.461. The second-order valence-electron chi connectivity index (χ2n) is 3.74. The first-order valence-corrected chi connectivity index (χ1v) is 6.71. The van der Waals surface area contributed by atoms with Crippen molar-refractivity contribution in [3.8, 4) is 0 Å². The number of halogens is 1. The Balaban J connectivity index is 2.25. The molecule has 1 aliphatic carbocycles. The number of alkyl halides is 1. The lowest BCUT2D eigenvalue weighted by molar-refractivity contribution is -0.119. The van der Waals surface area contributed by atoms with Crippen LogP contribution in [0.5, 0.6) is 0 Å². The molecule has 76 valence electrons. The van der Waals surface area contributed by atoms with E-state index in [2.05, 4.69) is 27.9 Å². The van der Waals surface area contributed by atoms with Gasteiger partial charge in [-0.05, 0) is 12.8 Å². The Bertz CT molecular complexity index is 153. The first-order valence-electron chi connectivity index (χ1n) is 5.18. The van der Waals surface area contributed by atoms with Gasteiger partial charge < -0.3 is 5.32 Å². The highest BCUT2D eigenvalue weighted by Crippen LogP contribution is 2.16. The van der Waals surface area contributed by atoms with Crippen LogP contribution in [0.2, 0.25) is 0 Å². The van der Waals surface area contributed by atoms with Crippen molar-refractivity contribution in [1.29, 1.82) is 0 Å². The molecule has 13 heavy (non-hydrogen) atoms. The lowest BCUT2D eigenvalue weighted by Crippen LogP contribution is -2.35. The molecule has 1 rings (SSSR count). The van der Waals surface area contributed by atoms with Crippen molar-refractivity contribution < 1.29 is 4.79 Å². The first-order chi connectivity index (χ1) is 6.33. The lowest BCUT2D eigenvalue weighted by Gasteiger charge is -2.20. The molecule has 0 saturated heterocycles. The van der Waals surface area contributed by atoms with Gasteiger partial charge in [-0.25, -0.2) is 0 Å². The Morgan fingerprint density at radius 1 is 1.15 bits per heavy atom. The highest BCUT2D eigenvalue weighted by Gasteiger charge is 2.12. The SMILES string of the molecule is O=C(CI)NC1CCCCCCC1. The molecule has 1 aliphatic rings. The number of hydrogen-bond acceptors (Lipinski definition) is 1. The number of nitrogens with one attached hydrogen (secondary N) is 1. The summed E-state index contributed by atoms with van der Waals surface area (Å²) in [6.45, 7) is 0. The van der Waals surface area contributed by atoms with E-state index in [1.807, 2.05) is 0 Å². The highest BCUT2D eigenvalue weighted by atomic mass is 127. The molecule has 1 saturated carbocycles. The summed E-state index contributed by atoms with van der Waals surface area (Å²) in [6.07, 6.45) is 9.00. The lowest BCUT2D eigenvalue weighted by atomic mass is 9.97. The van der Waals surface area contributed by atoms with E-state index in [4.69, 9.17) is 0 Å². The molecule has 1 N–H and O–H groups in total. The summed E-state index contributed by atoms with van der Waals surface area (Å²) in [5.41, 5.74) is 0. The third-order valence-electron chi connectivity index (χ3n) is 2.59. The van der Waals surface area contributed by atoms with Crippen LogP contribution < -0.4 is 5.32 Å². The molecular formula is C10H18INO. The molecule has 1 amide bonds. The molecule has 2 nitrogen and oxygen atoms in total. The van der Waals surface area contributed by atoms with Crippen molar-refractivity contribution in [1.82, 2.24) is 5.32 Å². The molecule has 0 atom stereocenters. The Labute approximate surface area is 94.0 Å². The molecule has 0 aromatic heterocycles. The molecule has 0 aliphatic heterocycles. The predicted molar refractivity (Wildman–Crippen MR) is 63.1 cm³/mol. The zero-order valence-electron chi connectivity index (χ0n) is 8.02. The second-order valence-corrected chi connectivity index (χ2v) is 4.51. The second kappa shape index (κ2) is 6.62.